The number of hydrogen-bond acceptors (Lipinski definition) is 5. The largest absolute Gasteiger partial charge is 0.507 e. The molecule has 0 radical (unpaired) electrons. The monoisotopic (exact) mass is 534 g/mol. The summed E-state index contributed by atoms with van der Waals surface area (Å²) < 4.78 is 45.0. The van der Waals surface area contributed by atoms with Gasteiger partial charge in [-0.2, -0.15) is 18.3 Å². The van der Waals surface area contributed by atoms with E-state index in [0.29, 0.717) is 16.6 Å². The molecule has 0 aliphatic carbocycles. The summed E-state index contributed by atoms with van der Waals surface area (Å²) in [6, 6.07) is 15.5. The topological polar surface area (TPSA) is 120 Å². The van der Waals surface area contributed by atoms with E-state index < -0.39 is 23.6 Å². The number of carbonyl (C=O) groups excluding carboxylic acids is 2. The van der Waals surface area contributed by atoms with Crippen LogP contribution in [0.3, 0.4) is 0 Å². The van der Waals surface area contributed by atoms with Crippen molar-refractivity contribution in [3.05, 3.63) is 94.9 Å². The fourth-order valence-electron chi connectivity index (χ4n) is 4.05. The predicted molar refractivity (Wildman–Crippen MR) is 139 cm³/mol. The van der Waals surface area contributed by atoms with Crippen molar-refractivity contribution in [3.63, 3.8) is 0 Å². The number of fused-ring (bicyclic) bond motifs is 1. The third-order valence-electron chi connectivity index (χ3n) is 6.20. The lowest BCUT2D eigenvalue weighted by Crippen LogP contribution is -2.17. The molecule has 5 rings (SSSR count). The van der Waals surface area contributed by atoms with Gasteiger partial charge in [0.15, 0.2) is 0 Å². The highest BCUT2D eigenvalue weighted by Crippen LogP contribution is 2.34. The first kappa shape index (κ1) is 25.6. The number of furan rings is 1. The maximum atomic E-state index is 13.2. The highest BCUT2D eigenvalue weighted by atomic mass is 19.4. The molecule has 198 valence electrons. The minimum absolute atomic E-state index is 0.00550. The van der Waals surface area contributed by atoms with Crippen molar-refractivity contribution in [3.8, 4) is 17.0 Å². The van der Waals surface area contributed by atoms with Crippen LogP contribution in [0.4, 0.5) is 24.5 Å². The van der Waals surface area contributed by atoms with Crippen LogP contribution in [0.25, 0.3) is 22.2 Å². The summed E-state index contributed by atoms with van der Waals surface area (Å²) in [5.41, 5.74) is 1.92. The molecule has 5 aromatic rings. The Morgan fingerprint density at radius 1 is 0.923 bits per heavy atom. The van der Waals surface area contributed by atoms with Gasteiger partial charge >= 0.3 is 6.18 Å². The van der Waals surface area contributed by atoms with Crippen molar-refractivity contribution in [1.82, 2.24) is 10.2 Å². The Labute approximate surface area is 219 Å². The van der Waals surface area contributed by atoms with E-state index >= 15 is 0 Å². The maximum Gasteiger partial charge on any atom is 0.416 e. The van der Waals surface area contributed by atoms with E-state index in [1.165, 1.54) is 18.2 Å². The number of alkyl halides is 3. The number of hydrogen-bond donors (Lipinski definition) is 4. The molecule has 0 unspecified atom stereocenters. The number of amides is 2. The van der Waals surface area contributed by atoms with Gasteiger partial charge in [0.2, 0.25) is 5.76 Å². The molecular formula is C28H21F3N4O4. The molecule has 4 N–H and O–H groups in total. The molecule has 0 saturated heterocycles. The molecule has 2 heterocycles. The molecular weight excluding hydrogens is 513 g/mol. The quantitative estimate of drug-likeness (QED) is 0.201. The van der Waals surface area contributed by atoms with Crippen molar-refractivity contribution in [2.75, 3.05) is 10.6 Å². The summed E-state index contributed by atoms with van der Waals surface area (Å²) in [5, 5.41) is 22.6. The zero-order chi connectivity index (χ0) is 27.9. The van der Waals surface area contributed by atoms with Crippen LogP contribution in [0.5, 0.6) is 5.75 Å². The number of aromatic nitrogens is 2. The van der Waals surface area contributed by atoms with Gasteiger partial charge in [0.25, 0.3) is 11.8 Å². The van der Waals surface area contributed by atoms with E-state index in [0.717, 1.165) is 23.3 Å². The van der Waals surface area contributed by atoms with E-state index in [-0.39, 0.29) is 34.2 Å². The summed E-state index contributed by atoms with van der Waals surface area (Å²) in [6.07, 6.45) is -4.59. The number of halogens is 3. The molecule has 2 aromatic heterocycles. The Kier molecular flexibility index (Phi) is 6.35. The molecule has 3 aromatic carbocycles. The van der Waals surface area contributed by atoms with Gasteiger partial charge in [-0.15, -0.1) is 0 Å². The van der Waals surface area contributed by atoms with Gasteiger partial charge in [0.05, 0.1) is 11.3 Å². The van der Waals surface area contributed by atoms with Gasteiger partial charge in [-0.25, -0.2) is 0 Å². The standard InChI is InChI=1S/C28H21F3N4O4/c1-14-10-19(22(36)11-15(14)2)20-13-21(35-34-20)26(37)33-24-18-8-3-4-9-23(18)39-25(24)27(38)32-17-7-5-6-16(12-17)28(29,30)31/h3-13,36H,1-2H3,(H,32,38)(H,33,37)(H,34,35). The Morgan fingerprint density at radius 3 is 2.44 bits per heavy atom. The van der Waals surface area contributed by atoms with Crippen molar-refractivity contribution in [2.45, 2.75) is 20.0 Å². The van der Waals surface area contributed by atoms with E-state index in [1.807, 2.05) is 13.8 Å². The lowest BCUT2D eigenvalue weighted by Gasteiger charge is -2.10. The SMILES string of the molecule is Cc1cc(O)c(-c2cc(C(=O)Nc3c(C(=O)Nc4cccc(C(F)(F)F)c4)oc4ccccc34)[nH]n2)cc1C. The number of anilines is 2. The van der Waals surface area contributed by atoms with Crippen molar-refractivity contribution in [1.29, 1.82) is 0 Å². The van der Waals surface area contributed by atoms with E-state index in [1.54, 1.807) is 36.4 Å². The van der Waals surface area contributed by atoms with E-state index in [2.05, 4.69) is 20.8 Å². The number of nitrogens with one attached hydrogen (secondary N) is 3. The van der Waals surface area contributed by atoms with Crippen LogP contribution < -0.4 is 10.6 Å². The second kappa shape index (κ2) is 9.67. The first-order valence-electron chi connectivity index (χ1n) is 11.7. The Hall–Kier alpha value is -5.06. The number of nitrogens with zero attached hydrogens (tertiary/aromatic N) is 1. The van der Waals surface area contributed by atoms with Crippen LogP contribution in [0, 0.1) is 13.8 Å². The minimum Gasteiger partial charge on any atom is -0.507 e. The molecule has 0 saturated carbocycles. The number of para-hydroxylation sites is 1. The third kappa shape index (κ3) is 5.06. The summed E-state index contributed by atoms with van der Waals surface area (Å²) in [5.74, 6) is -1.80. The zero-order valence-electron chi connectivity index (χ0n) is 20.6. The summed E-state index contributed by atoms with van der Waals surface area (Å²) in [6.45, 7) is 3.74. The van der Waals surface area contributed by atoms with Crippen molar-refractivity contribution < 1.29 is 32.3 Å². The zero-order valence-corrected chi connectivity index (χ0v) is 20.6. The molecule has 8 nitrogen and oxygen atoms in total. The van der Waals surface area contributed by atoms with Gasteiger partial charge in [0, 0.05) is 16.6 Å². The van der Waals surface area contributed by atoms with E-state index in [9.17, 15) is 27.9 Å². The first-order chi connectivity index (χ1) is 18.5. The molecule has 39 heavy (non-hydrogen) atoms. The number of phenolic OH excluding ortho intramolecular Hbond substituents is 1. The van der Waals surface area contributed by atoms with Gasteiger partial charge in [-0.3, -0.25) is 14.7 Å². The normalized spacial score (nSPS) is 11.5. The van der Waals surface area contributed by atoms with Crippen LogP contribution in [0.2, 0.25) is 0 Å². The number of aryl methyl sites for hydroxylation is 2. The molecule has 2 amide bonds. The van der Waals surface area contributed by atoms with Gasteiger partial charge in [0.1, 0.15) is 22.7 Å². The van der Waals surface area contributed by atoms with E-state index in [4.69, 9.17) is 4.42 Å². The molecule has 0 fully saturated rings. The highest BCUT2D eigenvalue weighted by Gasteiger charge is 2.31. The van der Waals surface area contributed by atoms with Gasteiger partial charge in [-0.1, -0.05) is 18.2 Å². The summed E-state index contributed by atoms with van der Waals surface area (Å²) in [7, 11) is 0. The van der Waals surface area contributed by atoms with Crippen molar-refractivity contribution >= 4 is 34.2 Å². The second-order valence-electron chi connectivity index (χ2n) is 8.91. The van der Waals surface area contributed by atoms with Crippen LogP contribution in [0.15, 0.2) is 71.1 Å². The van der Waals surface area contributed by atoms with Crippen LogP contribution >= 0.6 is 0 Å². The highest BCUT2D eigenvalue weighted by molar-refractivity contribution is 6.16. The van der Waals surface area contributed by atoms with Gasteiger partial charge in [-0.05, 0) is 73.5 Å². The molecule has 0 aliphatic heterocycles. The number of H-pyrrole nitrogens is 1. The Bertz CT molecular complexity index is 1740. The average molecular weight is 534 g/mol. The maximum absolute atomic E-state index is 13.2. The molecule has 0 atom stereocenters. The molecule has 11 heteroatoms. The van der Waals surface area contributed by atoms with Crippen LogP contribution in [0.1, 0.15) is 37.7 Å². The lowest BCUT2D eigenvalue weighted by atomic mass is 10.0. The summed E-state index contributed by atoms with van der Waals surface area (Å²) >= 11 is 0. The fourth-order valence-corrected chi connectivity index (χ4v) is 4.05. The predicted octanol–water partition coefficient (Wildman–Crippen LogP) is 6.67. The number of rotatable bonds is 5. The average Bonchev–Trinajstić information content (AvgIpc) is 3.52. The summed E-state index contributed by atoms with van der Waals surface area (Å²) in [4.78, 5) is 26.2. The Morgan fingerprint density at radius 2 is 1.67 bits per heavy atom. The number of carbonyl (C=O) groups is 2. The Balaban J connectivity index is 1.45. The molecule has 0 aliphatic rings. The smallest absolute Gasteiger partial charge is 0.416 e. The van der Waals surface area contributed by atoms with Gasteiger partial charge < -0.3 is 20.2 Å². The fraction of sp³-hybridized carbons (Fsp3) is 0.107. The first-order valence-corrected chi connectivity index (χ1v) is 11.7. The number of aromatic amines is 1. The molecule has 0 bridgehead atoms. The number of aromatic hydroxyl groups is 1. The minimum atomic E-state index is -4.59. The molecule has 0 spiro atoms. The van der Waals surface area contributed by atoms with Crippen molar-refractivity contribution in [2.24, 2.45) is 0 Å². The number of benzene rings is 3. The number of phenols is 1. The second-order valence-corrected chi connectivity index (χ2v) is 8.91. The van der Waals surface area contributed by atoms with Crippen LogP contribution in [-0.4, -0.2) is 27.1 Å². The lowest BCUT2D eigenvalue weighted by molar-refractivity contribution is -0.137. The third-order valence-corrected chi connectivity index (χ3v) is 6.20. The van der Waals surface area contributed by atoms with Crippen LogP contribution in [-0.2, 0) is 6.18 Å².